The van der Waals surface area contributed by atoms with E-state index in [-0.39, 0.29) is 0 Å². The zero-order valence-corrected chi connectivity index (χ0v) is 17.7. The molecule has 30 heavy (non-hydrogen) atoms. The molecule has 0 amide bonds. The zero-order valence-electron chi connectivity index (χ0n) is 16.9. The van der Waals surface area contributed by atoms with Crippen LogP contribution in [0.15, 0.2) is 60.1 Å². The van der Waals surface area contributed by atoms with Crippen LogP contribution in [0.2, 0.25) is 0 Å². The van der Waals surface area contributed by atoms with E-state index in [9.17, 15) is 4.39 Å². The van der Waals surface area contributed by atoms with Gasteiger partial charge >= 0.3 is 0 Å². The van der Waals surface area contributed by atoms with Crippen LogP contribution in [0.4, 0.5) is 10.1 Å². The van der Waals surface area contributed by atoms with E-state index >= 15 is 0 Å². The molecule has 1 aromatic heterocycles. The molecule has 2 heterocycles. The summed E-state index contributed by atoms with van der Waals surface area (Å²) >= 11 is 5.74. The number of rotatable bonds is 6. The van der Waals surface area contributed by atoms with Crippen LogP contribution in [0.5, 0.6) is 0 Å². The average molecular weight is 425 g/mol. The Morgan fingerprint density at radius 1 is 1.20 bits per heavy atom. The van der Waals surface area contributed by atoms with E-state index in [0.717, 1.165) is 24.1 Å². The van der Waals surface area contributed by atoms with Crippen molar-refractivity contribution in [3.05, 3.63) is 71.6 Å². The van der Waals surface area contributed by atoms with E-state index in [1.807, 2.05) is 47.4 Å². The van der Waals surface area contributed by atoms with Gasteiger partial charge in [-0.3, -0.25) is 15.4 Å². The van der Waals surface area contributed by atoms with Crippen molar-refractivity contribution < 1.29 is 4.39 Å². The molecule has 0 radical (unpaired) electrons. The molecule has 0 atom stereocenters. The number of hydrazine groups is 1. The van der Waals surface area contributed by atoms with E-state index < -0.39 is 5.95 Å². The Morgan fingerprint density at radius 3 is 2.60 bits per heavy atom. The molecule has 6 nitrogen and oxygen atoms in total. The van der Waals surface area contributed by atoms with Gasteiger partial charge in [0.2, 0.25) is 5.95 Å². The molecule has 2 aliphatic rings. The number of pyridine rings is 1. The van der Waals surface area contributed by atoms with E-state index in [1.54, 1.807) is 6.07 Å². The molecule has 1 aromatic carbocycles. The second kappa shape index (κ2) is 8.79. The molecule has 156 valence electrons. The number of para-hydroxylation sites is 1. The van der Waals surface area contributed by atoms with Gasteiger partial charge in [0.25, 0.3) is 0 Å². The quantitative estimate of drug-likeness (QED) is 0.369. The summed E-state index contributed by atoms with van der Waals surface area (Å²) in [4.78, 5) is 4.32. The summed E-state index contributed by atoms with van der Waals surface area (Å²) in [5, 5.41) is 19.6. The predicted molar refractivity (Wildman–Crippen MR) is 120 cm³/mol. The van der Waals surface area contributed by atoms with Gasteiger partial charge < -0.3 is 10.6 Å². The molecule has 2 fully saturated rings. The first kappa shape index (κ1) is 20.3. The Labute approximate surface area is 181 Å². The number of likely N-dealkylation sites (N-methyl/N-ethyl adjacent to an activating group) is 1. The summed E-state index contributed by atoms with van der Waals surface area (Å²) in [6.45, 7) is 0.426. The van der Waals surface area contributed by atoms with Crippen molar-refractivity contribution in [2.24, 2.45) is 0 Å². The highest BCUT2D eigenvalue weighted by atomic mass is 32.1. The fourth-order valence-corrected chi connectivity index (χ4v) is 4.28. The SMILES string of the molecule is CN1C(=S)/C(=C(/NCc2ccc(F)nc2)Nc2ccccc2)C(=N)N1C1CCCC1. The molecule has 1 aliphatic carbocycles. The first-order valence-electron chi connectivity index (χ1n) is 10.1. The molecule has 1 saturated heterocycles. The Hall–Kier alpha value is -3.00. The highest BCUT2D eigenvalue weighted by Crippen LogP contribution is 2.32. The molecule has 1 aliphatic heterocycles. The van der Waals surface area contributed by atoms with Gasteiger partial charge in [-0.25, -0.2) is 4.98 Å². The van der Waals surface area contributed by atoms with Crippen LogP contribution in [-0.4, -0.2) is 38.9 Å². The van der Waals surface area contributed by atoms with Crippen molar-refractivity contribution in [1.29, 1.82) is 5.41 Å². The van der Waals surface area contributed by atoms with E-state index in [2.05, 4.69) is 15.6 Å². The third kappa shape index (κ3) is 4.14. The monoisotopic (exact) mass is 424 g/mol. The van der Waals surface area contributed by atoms with Crippen LogP contribution < -0.4 is 10.6 Å². The molecule has 2 aromatic rings. The molecule has 8 heteroatoms. The third-order valence-electron chi connectivity index (χ3n) is 5.52. The average Bonchev–Trinajstić information content (AvgIpc) is 3.34. The molecular weight excluding hydrogens is 399 g/mol. The molecular formula is C22H25FN6S. The van der Waals surface area contributed by atoms with Crippen molar-refractivity contribution in [3.8, 4) is 0 Å². The van der Waals surface area contributed by atoms with Crippen molar-refractivity contribution in [1.82, 2.24) is 20.3 Å². The molecule has 0 bridgehead atoms. The van der Waals surface area contributed by atoms with E-state index in [0.29, 0.717) is 34.8 Å². The van der Waals surface area contributed by atoms with Crippen molar-refractivity contribution >= 4 is 28.7 Å². The van der Waals surface area contributed by atoms with Gasteiger partial charge in [-0.15, -0.1) is 0 Å². The van der Waals surface area contributed by atoms with Gasteiger partial charge in [0.15, 0.2) is 5.84 Å². The van der Waals surface area contributed by atoms with Gasteiger partial charge in [-0.2, -0.15) is 4.39 Å². The first-order chi connectivity index (χ1) is 14.5. The number of anilines is 1. The molecule has 0 unspecified atom stereocenters. The number of hydrogen-bond acceptors (Lipinski definition) is 5. The topological polar surface area (TPSA) is 67.3 Å². The van der Waals surface area contributed by atoms with Crippen LogP contribution >= 0.6 is 12.2 Å². The Bertz CT molecular complexity index is 953. The number of thiocarbonyl (C=S) groups is 1. The number of amidine groups is 1. The van der Waals surface area contributed by atoms with Crippen LogP contribution in [0.3, 0.4) is 0 Å². The van der Waals surface area contributed by atoms with Gasteiger partial charge in [-0.1, -0.05) is 49.3 Å². The number of hydrogen-bond donors (Lipinski definition) is 3. The largest absolute Gasteiger partial charge is 0.367 e. The molecule has 3 N–H and O–H groups in total. The predicted octanol–water partition coefficient (Wildman–Crippen LogP) is 4.04. The summed E-state index contributed by atoms with van der Waals surface area (Å²) < 4.78 is 13.1. The number of aromatic nitrogens is 1. The first-order valence-corrected chi connectivity index (χ1v) is 10.5. The fraction of sp³-hybridized carbons (Fsp3) is 0.318. The van der Waals surface area contributed by atoms with Crippen molar-refractivity contribution in [2.75, 3.05) is 12.4 Å². The minimum atomic E-state index is -0.507. The van der Waals surface area contributed by atoms with Crippen LogP contribution in [0, 0.1) is 11.4 Å². The van der Waals surface area contributed by atoms with E-state index in [4.69, 9.17) is 17.6 Å². The smallest absolute Gasteiger partial charge is 0.212 e. The lowest BCUT2D eigenvalue weighted by atomic mass is 10.2. The van der Waals surface area contributed by atoms with Gasteiger partial charge in [-0.05, 0) is 36.6 Å². The lowest BCUT2D eigenvalue weighted by molar-refractivity contribution is 0.126. The third-order valence-corrected chi connectivity index (χ3v) is 5.99. The zero-order chi connectivity index (χ0) is 21.1. The maximum atomic E-state index is 13.1. The fourth-order valence-electron chi connectivity index (χ4n) is 3.99. The molecule has 1 saturated carbocycles. The number of nitrogens with zero attached hydrogens (tertiary/aromatic N) is 3. The number of nitrogens with one attached hydrogen (secondary N) is 3. The summed E-state index contributed by atoms with van der Waals surface area (Å²) in [5.74, 6) is 0.553. The van der Waals surface area contributed by atoms with Crippen LogP contribution in [-0.2, 0) is 6.54 Å². The summed E-state index contributed by atoms with van der Waals surface area (Å²) in [7, 11) is 1.92. The highest BCUT2D eigenvalue weighted by Gasteiger charge is 2.40. The lowest BCUT2D eigenvalue weighted by Gasteiger charge is -2.31. The summed E-state index contributed by atoms with van der Waals surface area (Å²) in [6.07, 6.45) is 6.00. The van der Waals surface area contributed by atoms with Crippen molar-refractivity contribution in [3.63, 3.8) is 0 Å². The van der Waals surface area contributed by atoms with Crippen LogP contribution in [0.1, 0.15) is 31.2 Å². The number of benzene rings is 1. The Morgan fingerprint density at radius 2 is 1.93 bits per heavy atom. The van der Waals surface area contributed by atoms with E-state index in [1.165, 1.54) is 25.1 Å². The Kier molecular flexibility index (Phi) is 5.94. The molecule has 4 rings (SSSR count). The standard InChI is InChI=1S/C22H25FN6S/c1-28-22(30)19(20(24)29(28)17-9-5-6-10-17)21(27-16-7-3-2-4-8-16)26-14-15-11-12-18(23)25-13-15/h2-4,7-8,11-13,17,24,26-27H,5-6,9-10,14H2,1H3/b21-19-,24-20?. The van der Waals surface area contributed by atoms with Crippen molar-refractivity contribution in [2.45, 2.75) is 38.3 Å². The summed E-state index contributed by atoms with van der Waals surface area (Å²) in [6, 6.07) is 13.1. The maximum absolute atomic E-state index is 13.1. The number of halogens is 1. The minimum absolute atomic E-state index is 0.303. The Balaban J connectivity index is 1.65. The maximum Gasteiger partial charge on any atom is 0.212 e. The normalized spacial score (nSPS) is 18.9. The summed E-state index contributed by atoms with van der Waals surface area (Å²) in [5.41, 5.74) is 2.39. The molecule has 0 spiro atoms. The van der Waals surface area contributed by atoms with Gasteiger partial charge in [0.1, 0.15) is 10.8 Å². The lowest BCUT2D eigenvalue weighted by Crippen LogP contribution is -2.43. The highest BCUT2D eigenvalue weighted by molar-refractivity contribution is 7.80. The second-order valence-electron chi connectivity index (χ2n) is 7.54. The minimum Gasteiger partial charge on any atom is -0.367 e. The second-order valence-corrected chi connectivity index (χ2v) is 7.93. The van der Waals surface area contributed by atoms with Gasteiger partial charge in [0.05, 0.1) is 11.6 Å². The van der Waals surface area contributed by atoms with Crippen LogP contribution in [0.25, 0.3) is 0 Å². The van der Waals surface area contributed by atoms with Gasteiger partial charge in [0, 0.05) is 25.5 Å².